The summed E-state index contributed by atoms with van der Waals surface area (Å²) >= 11 is 14.2. The van der Waals surface area contributed by atoms with Crippen LogP contribution >= 0.6 is 47.4 Å². The first-order valence-electron chi connectivity index (χ1n) is 11.6. The van der Waals surface area contributed by atoms with Crippen molar-refractivity contribution in [3.8, 4) is 0 Å². The lowest BCUT2D eigenvalue weighted by Crippen LogP contribution is -2.40. The van der Waals surface area contributed by atoms with Crippen LogP contribution in [0.15, 0.2) is 70.5 Å². The minimum Gasteiger partial charge on any atom is -0.348 e. The molecule has 5 rings (SSSR count). The third kappa shape index (κ3) is 5.60. The molecular weight excluding hydrogens is 521 g/mol. The fraction of sp³-hybridized carbons (Fsp3) is 0.296. The van der Waals surface area contributed by atoms with Crippen LogP contribution in [-0.2, 0) is 6.54 Å². The van der Waals surface area contributed by atoms with E-state index in [9.17, 15) is 4.79 Å². The number of nitrogens with one attached hydrogen (secondary N) is 1. The fourth-order valence-electron chi connectivity index (χ4n) is 4.78. The zero-order chi connectivity index (χ0) is 23.7. The van der Waals surface area contributed by atoms with Gasteiger partial charge >= 0.3 is 0 Å². The fourth-order valence-corrected chi connectivity index (χ4v) is 6.22. The summed E-state index contributed by atoms with van der Waals surface area (Å²) in [6.07, 6.45) is 2.55. The molecule has 1 fully saturated rings. The Morgan fingerprint density at radius 3 is 2.54 bits per heavy atom. The summed E-state index contributed by atoms with van der Waals surface area (Å²) in [5, 5.41) is 3.96. The van der Waals surface area contributed by atoms with E-state index in [2.05, 4.69) is 52.4 Å². The van der Waals surface area contributed by atoms with E-state index in [0.717, 1.165) is 30.9 Å². The molecule has 35 heavy (non-hydrogen) atoms. The van der Waals surface area contributed by atoms with Crippen LogP contribution < -0.4 is 10.2 Å². The summed E-state index contributed by atoms with van der Waals surface area (Å²) in [6, 6.07) is 20.2. The third-order valence-electron chi connectivity index (χ3n) is 6.46. The van der Waals surface area contributed by atoms with Crippen molar-refractivity contribution in [3.63, 3.8) is 0 Å². The van der Waals surface area contributed by atoms with Gasteiger partial charge in [-0.05, 0) is 74.8 Å². The highest BCUT2D eigenvalue weighted by Gasteiger charge is 2.29. The average molecular weight is 549 g/mol. The first-order valence-corrected chi connectivity index (χ1v) is 13.2. The van der Waals surface area contributed by atoms with Gasteiger partial charge in [-0.2, -0.15) is 0 Å². The molecule has 0 aliphatic carbocycles. The molecule has 2 aliphatic rings. The predicted molar refractivity (Wildman–Crippen MR) is 149 cm³/mol. The SMILES string of the molecule is CC(CN1CCCC1)N1c2ccccc2Sc2ccc(C(=O)NCc3cccc(Cl)c3Cl)cc21.Cl. The van der Waals surface area contributed by atoms with Crippen LogP contribution in [0.1, 0.15) is 35.7 Å². The molecule has 4 nitrogen and oxygen atoms in total. The number of amides is 1. The number of carbonyl (C=O) groups excluding carboxylic acids is 1. The predicted octanol–water partition coefficient (Wildman–Crippen LogP) is 7.43. The minimum atomic E-state index is -0.130. The van der Waals surface area contributed by atoms with Crippen molar-refractivity contribution in [1.82, 2.24) is 10.2 Å². The second-order valence-electron chi connectivity index (χ2n) is 8.87. The molecule has 0 saturated carbocycles. The molecule has 1 atom stereocenters. The Hall–Kier alpha value is -1.89. The number of hydrogen-bond acceptors (Lipinski definition) is 4. The van der Waals surface area contributed by atoms with Crippen LogP contribution in [0.3, 0.4) is 0 Å². The van der Waals surface area contributed by atoms with Crippen molar-refractivity contribution in [2.24, 2.45) is 0 Å². The lowest BCUT2D eigenvalue weighted by Gasteiger charge is -2.39. The summed E-state index contributed by atoms with van der Waals surface area (Å²) < 4.78 is 0. The van der Waals surface area contributed by atoms with Gasteiger partial charge in [-0.3, -0.25) is 4.79 Å². The maximum atomic E-state index is 13.1. The Morgan fingerprint density at radius 2 is 1.74 bits per heavy atom. The Morgan fingerprint density at radius 1 is 1.00 bits per heavy atom. The summed E-state index contributed by atoms with van der Waals surface area (Å²) in [4.78, 5) is 20.4. The van der Waals surface area contributed by atoms with Crippen LogP contribution in [0, 0.1) is 0 Å². The smallest absolute Gasteiger partial charge is 0.251 e. The van der Waals surface area contributed by atoms with E-state index in [-0.39, 0.29) is 24.4 Å². The van der Waals surface area contributed by atoms with E-state index in [1.165, 1.54) is 28.3 Å². The first kappa shape index (κ1) is 26.2. The molecule has 0 radical (unpaired) electrons. The van der Waals surface area contributed by atoms with Gasteiger partial charge in [-0.25, -0.2) is 0 Å². The number of hydrogen-bond donors (Lipinski definition) is 1. The maximum absolute atomic E-state index is 13.1. The van der Waals surface area contributed by atoms with Gasteiger partial charge in [0.15, 0.2) is 0 Å². The number of anilines is 2. The van der Waals surface area contributed by atoms with E-state index >= 15 is 0 Å². The van der Waals surface area contributed by atoms with Gasteiger partial charge in [0.2, 0.25) is 0 Å². The summed E-state index contributed by atoms with van der Waals surface area (Å²) in [5.74, 6) is -0.130. The lowest BCUT2D eigenvalue weighted by molar-refractivity contribution is 0.0951. The summed E-state index contributed by atoms with van der Waals surface area (Å²) in [6.45, 7) is 5.93. The quantitative estimate of drug-likeness (QED) is 0.347. The van der Waals surface area contributed by atoms with Crippen LogP contribution in [0.2, 0.25) is 10.0 Å². The largest absolute Gasteiger partial charge is 0.348 e. The highest BCUT2D eigenvalue weighted by molar-refractivity contribution is 7.99. The van der Waals surface area contributed by atoms with Crippen molar-refractivity contribution >= 4 is 64.7 Å². The van der Waals surface area contributed by atoms with Gasteiger partial charge in [-0.15, -0.1) is 12.4 Å². The minimum absolute atomic E-state index is 0. The van der Waals surface area contributed by atoms with Gasteiger partial charge in [0, 0.05) is 34.5 Å². The Labute approximate surface area is 227 Å². The van der Waals surface area contributed by atoms with E-state index in [0.29, 0.717) is 22.2 Å². The molecule has 8 heteroatoms. The van der Waals surface area contributed by atoms with E-state index in [1.54, 1.807) is 17.8 Å². The molecule has 1 amide bonds. The third-order valence-corrected chi connectivity index (χ3v) is 8.45. The Kier molecular flexibility index (Phi) is 8.56. The maximum Gasteiger partial charge on any atom is 0.251 e. The normalized spacial score (nSPS) is 15.7. The molecule has 0 aromatic heterocycles. The summed E-state index contributed by atoms with van der Waals surface area (Å²) in [5.41, 5.74) is 3.72. The second kappa shape index (κ2) is 11.4. The van der Waals surface area contributed by atoms with Gasteiger partial charge in [0.25, 0.3) is 5.91 Å². The van der Waals surface area contributed by atoms with Gasteiger partial charge in [-0.1, -0.05) is 59.2 Å². The molecule has 2 aliphatic heterocycles. The number of para-hydroxylation sites is 1. The van der Waals surface area contributed by atoms with Crippen LogP contribution in [0.25, 0.3) is 0 Å². The molecule has 0 bridgehead atoms. The molecular formula is C27H28Cl3N3OS. The zero-order valence-electron chi connectivity index (χ0n) is 19.5. The number of carbonyl (C=O) groups is 1. The van der Waals surface area contributed by atoms with Crippen LogP contribution in [0.4, 0.5) is 11.4 Å². The van der Waals surface area contributed by atoms with Crippen molar-refractivity contribution in [3.05, 3.63) is 81.8 Å². The van der Waals surface area contributed by atoms with Crippen LogP contribution in [-0.4, -0.2) is 36.5 Å². The van der Waals surface area contributed by atoms with Gasteiger partial charge < -0.3 is 15.1 Å². The molecule has 184 valence electrons. The van der Waals surface area contributed by atoms with Crippen molar-refractivity contribution in [2.45, 2.75) is 42.1 Å². The second-order valence-corrected chi connectivity index (χ2v) is 10.7. The van der Waals surface area contributed by atoms with Gasteiger partial charge in [0.1, 0.15) is 0 Å². The lowest BCUT2D eigenvalue weighted by atomic mass is 10.1. The molecule has 2 heterocycles. The van der Waals surface area contributed by atoms with E-state index in [1.807, 2.05) is 24.3 Å². The molecule has 3 aromatic carbocycles. The number of benzene rings is 3. The molecule has 3 aromatic rings. The van der Waals surface area contributed by atoms with E-state index < -0.39 is 0 Å². The number of likely N-dealkylation sites (tertiary alicyclic amines) is 1. The monoisotopic (exact) mass is 547 g/mol. The van der Waals surface area contributed by atoms with Crippen molar-refractivity contribution in [1.29, 1.82) is 0 Å². The van der Waals surface area contributed by atoms with Gasteiger partial charge in [0.05, 0.1) is 21.4 Å². The van der Waals surface area contributed by atoms with E-state index in [4.69, 9.17) is 23.2 Å². The standard InChI is InChI=1S/C27H27Cl2N3OS.ClH/c1-18(17-31-13-4-5-14-31)32-22-9-2-3-10-24(22)34-25-12-11-19(15-23(25)32)27(33)30-16-20-7-6-8-21(28)26(20)29;/h2-3,6-12,15,18H,4-5,13-14,16-17H2,1H3,(H,30,33);1H. The van der Waals surface area contributed by atoms with Crippen molar-refractivity contribution < 1.29 is 4.79 Å². The molecule has 1 saturated heterocycles. The average Bonchev–Trinajstić information content (AvgIpc) is 3.35. The number of fused-ring (bicyclic) bond motifs is 2. The Bertz CT molecular complexity index is 1220. The number of nitrogens with zero attached hydrogens (tertiary/aromatic N) is 2. The molecule has 1 unspecified atom stereocenters. The summed E-state index contributed by atoms with van der Waals surface area (Å²) in [7, 11) is 0. The van der Waals surface area contributed by atoms with Crippen LogP contribution in [0.5, 0.6) is 0 Å². The zero-order valence-corrected chi connectivity index (χ0v) is 22.6. The van der Waals surface area contributed by atoms with Crippen molar-refractivity contribution in [2.75, 3.05) is 24.5 Å². The number of halogens is 3. The Balaban J connectivity index is 0.00000289. The topological polar surface area (TPSA) is 35.6 Å². The highest BCUT2D eigenvalue weighted by atomic mass is 35.5. The highest BCUT2D eigenvalue weighted by Crippen LogP contribution is 2.49. The number of rotatable bonds is 6. The molecule has 1 N–H and O–H groups in total. The first-order chi connectivity index (χ1) is 16.5. The molecule has 0 spiro atoms.